The van der Waals surface area contributed by atoms with Crippen molar-refractivity contribution in [3.05, 3.63) is 45.2 Å². The second kappa shape index (κ2) is 7.30. The molecule has 4 nitrogen and oxygen atoms in total. The lowest BCUT2D eigenvalue weighted by Gasteiger charge is -2.11. The average Bonchev–Trinajstić information content (AvgIpc) is 2.80. The molecule has 2 rings (SSSR count). The third-order valence-corrected chi connectivity index (χ3v) is 4.67. The fourth-order valence-corrected chi connectivity index (χ4v) is 3.27. The highest BCUT2D eigenvalue weighted by Gasteiger charge is 2.20. The molecule has 0 fully saturated rings. The Bertz CT molecular complexity index is 722. The van der Waals surface area contributed by atoms with Gasteiger partial charge in [0.25, 0.3) is 5.91 Å². The molecule has 1 aromatic carbocycles. The van der Waals surface area contributed by atoms with Crippen LogP contribution in [0.3, 0.4) is 0 Å². The predicted molar refractivity (Wildman–Crippen MR) is 95.4 cm³/mol. The highest BCUT2D eigenvalue weighted by atomic mass is 79.9. The van der Waals surface area contributed by atoms with Crippen LogP contribution in [0.4, 0.5) is 0 Å². The molecule has 0 radical (unpaired) electrons. The minimum Gasteiger partial charge on any atom is -0.483 e. The average molecular weight is 379 g/mol. The monoisotopic (exact) mass is 378 g/mol. The van der Waals surface area contributed by atoms with Gasteiger partial charge < -0.3 is 4.74 Å². The van der Waals surface area contributed by atoms with Crippen molar-refractivity contribution in [3.63, 3.8) is 0 Å². The molecule has 0 saturated heterocycles. The van der Waals surface area contributed by atoms with Gasteiger partial charge in [-0.25, -0.2) is 4.68 Å². The van der Waals surface area contributed by atoms with Crippen LogP contribution >= 0.6 is 15.9 Å². The molecule has 0 aliphatic rings. The standard InChI is InChI=1S/C18H23BrN2O2/c1-6-11(2)18-13(4)20-21(14(18)5)17(22)10-23-16-8-7-15(19)9-12(16)3/h7-9,11H,6,10H2,1-5H3. The summed E-state index contributed by atoms with van der Waals surface area (Å²) in [6.45, 7) is 10.1. The first kappa shape index (κ1) is 17.7. The van der Waals surface area contributed by atoms with Crippen molar-refractivity contribution < 1.29 is 9.53 Å². The summed E-state index contributed by atoms with van der Waals surface area (Å²) in [4.78, 5) is 12.5. The highest BCUT2D eigenvalue weighted by molar-refractivity contribution is 9.10. The van der Waals surface area contributed by atoms with Crippen molar-refractivity contribution in [2.45, 2.75) is 47.0 Å². The maximum atomic E-state index is 12.5. The SMILES string of the molecule is CCC(C)c1c(C)nn(C(=O)COc2ccc(Br)cc2C)c1C. The number of hydrogen-bond acceptors (Lipinski definition) is 3. The third kappa shape index (κ3) is 3.83. The number of rotatable bonds is 5. The second-order valence-electron chi connectivity index (χ2n) is 5.90. The number of carbonyl (C=O) groups is 1. The predicted octanol–water partition coefficient (Wildman–Crippen LogP) is 4.80. The molecule has 0 aliphatic carbocycles. The maximum Gasteiger partial charge on any atom is 0.284 e. The van der Waals surface area contributed by atoms with Crippen LogP contribution in [0.2, 0.25) is 0 Å². The molecule has 0 saturated carbocycles. The Morgan fingerprint density at radius 1 is 1.35 bits per heavy atom. The molecular weight excluding hydrogens is 356 g/mol. The number of aryl methyl sites for hydroxylation is 2. The van der Waals surface area contributed by atoms with Crippen LogP contribution in [0.15, 0.2) is 22.7 Å². The van der Waals surface area contributed by atoms with Gasteiger partial charge in [0, 0.05) is 10.2 Å². The van der Waals surface area contributed by atoms with Crippen LogP contribution in [-0.4, -0.2) is 22.3 Å². The Labute approximate surface area is 146 Å². The van der Waals surface area contributed by atoms with Gasteiger partial charge in [-0.05, 0) is 62.4 Å². The lowest BCUT2D eigenvalue weighted by atomic mass is 9.97. The minimum absolute atomic E-state index is 0.0234. The fourth-order valence-electron chi connectivity index (χ4n) is 2.79. The topological polar surface area (TPSA) is 44.1 Å². The smallest absolute Gasteiger partial charge is 0.284 e. The largest absolute Gasteiger partial charge is 0.483 e. The first-order chi connectivity index (χ1) is 10.8. The van der Waals surface area contributed by atoms with Crippen molar-refractivity contribution in [1.82, 2.24) is 9.78 Å². The van der Waals surface area contributed by atoms with E-state index in [4.69, 9.17) is 4.74 Å². The molecule has 2 aromatic rings. The van der Waals surface area contributed by atoms with E-state index in [2.05, 4.69) is 34.9 Å². The van der Waals surface area contributed by atoms with E-state index in [-0.39, 0.29) is 12.5 Å². The Morgan fingerprint density at radius 3 is 2.65 bits per heavy atom. The first-order valence-corrected chi connectivity index (χ1v) is 8.62. The van der Waals surface area contributed by atoms with Gasteiger partial charge in [-0.15, -0.1) is 0 Å². The number of ether oxygens (including phenoxy) is 1. The summed E-state index contributed by atoms with van der Waals surface area (Å²) >= 11 is 3.42. The Kier molecular flexibility index (Phi) is 5.63. The zero-order valence-corrected chi connectivity index (χ0v) is 15.9. The number of nitrogens with zero attached hydrogens (tertiary/aromatic N) is 2. The molecule has 1 atom stereocenters. The number of hydrogen-bond donors (Lipinski definition) is 0. The molecule has 1 aromatic heterocycles. The van der Waals surface area contributed by atoms with Crippen molar-refractivity contribution in [2.75, 3.05) is 6.61 Å². The van der Waals surface area contributed by atoms with E-state index in [9.17, 15) is 4.79 Å². The molecular formula is C18H23BrN2O2. The maximum absolute atomic E-state index is 12.5. The molecule has 0 spiro atoms. The van der Waals surface area contributed by atoms with Gasteiger partial charge in [0.05, 0.1) is 5.69 Å². The molecule has 0 N–H and O–H groups in total. The van der Waals surface area contributed by atoms with Crippen LogP contribution in [-0.2, 0) is 0 Å². The summed E-state index contributed by atoms with van der Waals surface area (Å²) in [6.07, 6.45) is 1.02. The summed E-state index contributed by atoms with van der Waals surface area (Å²) in [5.41, 5.74) is 3.99. The quantitative estimate of drug-likeness (QED) is 0.749. The summed E-state index contributed by atoms with van der Waals surface area (Å²) in [7, 11) is 0. The summed E-state index contributed by atoms with van der Waals surface area (Å²) in [6, 6.07) is 5.72. The molecule has 23 heavy (non-hydrogen) atoms. The van der Waals surface area contributed by atoms with E-state index < -0.39 is 0 Å². The van der Waals surface area contributed by atoms with Crippen LogP contribution < -0.4 is 4.74 Å². The van der Waals surface area contributed by atoms with Crippen LogP contribution in [0.1, 0.15) is 53.5 Å². The third-order valence-electron chi connectivity index (χ3n) is 4.18. The van der Waals surface area contributed by atoms with Crippen molar-refractivity contribution in [1.29, 1.82) is 0 Å². The first-order valence-electron chi connectivity index (χ1n) is 7.83. The number of carbonyl (C=O) groups excluding carboxylic acids is 1. The van der Waals surface area contributed by atoms with Gasteiger partial charge in [0.2, 0.25) is 0 Å². The van der Waals surface area contributed by atoms with Gasteiger partial charge in [0.15, 0.2) is 6.61 Å². The van der Waals surface area contributed by atoms with Crippen LogP contribution in [0, 0.1) is 20.8 Å². The van der Waals surface area contributed by atoms with Crippen LogP contribution in [0.5, 0.6) is 5.75 Å². The van der Waals surface area contributed by atoms with Crippen molar-refractivity contribution in [2.24, 2.45) is 0 Å². The Balaban J connectivity index is 2.15. The molecule has 5 heteroatoms. The Hall–Kier alpha value is -1.62. The number of halogens is 1. The van der Waals surface area contributed by atoms with E-state index in [1.54, 1.807) is 0 Å². The molecule has 0 bridgehead atoms. The van der Waals surface area contributed by atoms with E-state index >= 15 is 0 Å². The Morgan fingerprint density at radius 2 is 2.04 bits per heavy atom. The highest BCUT2D eigenvalue weighted by Crippen LogP contribution is 2.26. The summed E-state index contributed by atoms with van der Waals surface area (Å²) < 4.78 is 8.14. The zero-order chi connectivity index (χ0) is 17.1. The number of aromatic nitrogens is 2. The lowest BCUT2D eigenvalue weighted by Crippen LogP contribution is -2.22. The van der Waals surface area contributed by atoms with E-state index in [1.165, 1.54) is 10.2 Å². The minimum atomic E-state index is -0.150. The molecule has 0 aliphatic heterocycles. The van der Waals surface area contributed by atoms with Gasteiger partial charge in [-0.3, -0.25) is 4.79 Å². The van der Waals surface area contributed by atoms with Crippen molar-refractivity contribution in [3.8, 4) is 5.75 Å². The van der Waals surface area contributed by atoms with Crippen molar-refractivity contribution >= 4 is 21.8 Å². The van der Waals surface area contributed by atoms with Gasteiger partial charge in [0.1, 0.15) is 5.75 Å². The summed E-state index contributed by atoms with van der Waals surface area (Å²) in [5.74, 6) is 0.957. The van der Waals surface area contributed by atoms with E-state index in [1.807, 2.05) is 39.0 Å². The van der Waals surface area contributed by atoms with E-state index in [0.717, 1.165) is 27.8 Å². The molecule has 0 amide bonds. The zero-order valence-electron chi connectivity index (χ0n) is 14.3. The van der Waals surface area contributed by atoms with Gasteiger partial charge >= 0.3 is 0 Å². The van der Waals surface area contributed by atoms with Gasteiger partial charge in [-0.2, -0.15) is 5.10 Å². The molecule has 1 unspecified atom stereocenters. The summed E-state index contributed by atoms with van der Waals surface area (Å²) in [5, 5.41) is 4.41. The number of benzene rings is 1. The molecule has 124 valence electrons. The van der Waals surface area contributed by atoms with Gasteiger partial charge in [-0.1, -0.05) is 29.8 Å². The normalized spacial score (nSPS) is 12.3. The fraction of sp³-hybridized carbons (Fsp3) is 0.444. The van der Waals surface area contributed by atoms with Crippen LogP contribution in [0.25, 0.3) is 0 Å². The van der Waals surface area contributed by atoms with E-state index in [0.29, 0.717) is 11.7 Å². The lowest BCUT2D eigenvalue weighted by molar-refractivity contribution is 0.0817. The molecule has 1 heterocycles. The second-order valence-corrected chi connectivity index (χ2v) is 6.81.